The Labute approximate surface area is 114 Å². The van der Waals surface area contributed by atoms with Crippen LogP contribution in [-0.2, 0) is 0 Å². The molecular weight excluding hydrogens is 272 g/mol. The fourth-order valence-corrected chi connectivity index (χ4v) is 2.34. The smallest absolute Gasteiger partial charge is 0.283 e. The molecule has 0 aromatic heterocycles. The summed E-state index contributed by atoms with van der Waals surface area (Å²) in [4.78, 5) is 24.1. The number of rotatable bonds is 3. The molecule has 1 amide bonds. The molecule has 1 unspecified atom stereocenters. The van der Waals surface area contributed by atoms with Crippen molar-refractivity contribution in [2.75, 3.05) is 19.7 Å². The zero-order chi connectivity index (χ0) is 14.0. The number of likely N-dealkylation sites (tertiary alicyclic amines) is 1. The molecule has 0 saturated carbocycles. The first kappa shape index (κ1) is 13.8. The molecule has 19 heavy (non-hydrogen) atoms. The zero-order valence-electron chi connectivity index (χ0n) is 10.1. The lowest BCUT2D eigenvalue weighted by atomic mass is 10.1. The van der Waals surface area contributed by atoms with Crippen LogP contribution >= 0.6 is 11.6 Å². The Hall–Kier alpha value is -1.66. The molecule has 1 N–H and O–H groups in total. The van der Waals surface area contributed by atoms with Crippen LogP contribution in [-0.4, -0.2) is 40.5 Å². The van der Waals surface area contributed by atoms with Crippen LogP contribution in [0.15, 0.2) is 18.2 Å². The first-order chi connectivity index (χ1) is 9.02. The summed E-state index contributed by atoms with van der Waals surface area (Å²) in [5.41, 5.74) is -0.252. The lowest BCUT2D eigenvalue weighted by Gasteiger charge is -2.16. The number of aliphatic hydroxyl groups excluding tert-OH is 1. The predicted octanol–water partition coefficient (Wildman–Crippen LogP) is 1.70. The van der Waals surface area contributed by atoms with E-state index in [1.165, 1.54) is 23.1 Å². The fraction of sp³-hybridized carbons (Fsp3) is 0.417. The molecule has 1 aliphatic heterocycles. The quantitative estimate of drug-likeness (QED) is 0.676. The van der Waals surface area contributed by atoms with E-state index in [9.17, 15) is 14.9 Å². The summed E-state index contributed by atoms with van der Waals surface area (Å²) >= 11 is 5.71. The number of aliphatic hydroxyl groups is 1. The van der Waals surface area contributed by atoms with Crippen LogP contribution in [0.4, 0.5) is 5.69 Å². The van der Waals surface area contributed by atoms with Gasteiger partial charge >= 0.3 is 0 Å². The van der Waals surface area contributed by atoms with Crippen LogP contribution in [0.1, 0.15) is 16.8 Å². The number of halogens is 1. The molecule has 1 saturated heterocycles. The Bertz CT molecular complexity index is 520. The Kier molecular flexibility index (Phi) is 4.01. The van der Waals surface area contributed by atoms with Crippen LogP contribution in [0.2, 0.25) is 5.02 Å². The van der Waals surface area contributed by atoms with Gasteiger partial charge in [-0.2, -0.15) is 0 Å². The van der Waals surface area contributed by atoms with E-state index < -0.39 is 4.92 Å². The fourth-order valence-electron chi connectivity index (χ4n) is 2.17. The van der Waals surface area contributed by atoms with Crippen LogP contribution in [0, 0.1) is 16.0 Å². The van der Waals surface area contributed by atoms with Crippen molar-refractivity contribution in [1.82, 2.24) is 4.90 Å². The van der Waals surface area contributed by atoms with Gasteiger partial charge in [-0.05, 0) is 18.6 Å². The molecule has 1 aromatic rings. The highest BCUT2D eigenvalue weighted by atomic mass is 35.5. The summed E-state index contributed by atoms with van der Waals surface area (Å²) in [6.45, 7) is 0.950. The number of carbonyl (C=O) groups excluding carboxylic acids is 1. The maximum Gasteiger partial charge on any atom is 0.283 e. The normalized spacial score (nSPS) is 18.6. The second kappa shape index (κ2) is 5.54. The summed E-state index contributed by atoms with van der Waals surface area (Å²) in [5.74, 6) is -0.338. The Morgan fingerprint density at radius 2 is 2.32 bits per heavy atom. The van der Waals surface area contributed by atoms with E-state index in [1.807, 2.05) is 0 Å². The van der Waals surface area contributed by atoms with E-state index >= 15 is 0 Å². The molecular formula is C12H13ClN2O4. The number of carbonyl (C=O) groups is 1. The van der Waals surface area contributed by atoms with Crippen molar-refractivity contribution in [3.8, 4) is 0 Å². The van der Waals surface area contributed by atoms with Gasteiger partial charge < -0.3 is 10.0 Å². The van der Waals surface area contributed by atoms with Gasteiger partial charge in [0.2, 0.25) is 0 Å². The van der Waals surface area contributed by atoms with Crippen molar-refractivity contribution in [1.29, 1.82) is 0 Å². The number of benzene rings is 1. The molecule has 2 rings (SSSR count). The van der Waals surface area contributed by atoms with E-state index in [0.717, 1.165) is 0 Å². The maximum atomic E-state index is 12.2. The average Bonchev–Trinajstić information content (AvgIpc) is 2.86. The van der Waals surface area contributed by atoms with E-state index in [0.29, 0.717) is 19.5 Å². The van der Waals surface area contributed by atoms with Crippen LogP contribution < -0.4 is 0 Å². The van der Waals surface area contributed by atoms with E-state index in [4.69, 9.17) is 16.7 Å². The van der Waals surface area contributed by atoms with Crippen molar-refractivity contribution in [2.24, 2.45) is 5.92 Å². The minimum atomic E-state index is -0.612. The molecule has 0 radical (unpaired) electrons. The highest BCUT2D eigenvalue weighted by Gasteiger charge is 2.30. The lowest BCUT2D eigenvalue weighted by Crippen LogP contribution is -2.29. The van der Waals surface area contributed by atoms with Gasteiger partial charge in [-0.25, -0.2) is 0 Å². The van der Waals surface area contributed by atoms with Crippen LogP contribution in [0.3, 0.4) is 0 Å². The molecule has 1 fully saturated rings. The van der Waals surface area contributed by atoms with Gasteiger partial charge in [-0.3, -0.25) is 14.9 Å². The Balaban J connectivity index is 2.27. The lowest BCUT2D eigenvalue weighted by molar-refractivity contribution is -0.385. The largest absolute Gasteiger partial charge is 0.396 e. The van der Waals surface area contributed by atoms with Crippen molar-refractivity contribution >= 4 is 23.2 Å². The highest BCUT2D eigenvalue weighted by Crippen LogP contribution is 2.26. The summed E-state index contributed by atoms with van der Waals surface area (Å²) in [5, 5.41) is 20.2. The molecule has 1 atom stereocenters. The summed E-state index contributed by atoms with van der Waals surface area (Å²) in [7, 11) is 0. The van der Waals surface area contributed by atoms with Crippen molar-refractivity contribution in [3.63, 3.8) is 0 Å². The van der Waals surface area contributed by atoms with E-state index in [1.54, 1.807) is 0 Å². The average molecular weight is 285 g/mol. The minimum Gasteiger partial charge on any atom is -0.396 e. The first-order valence-corrected chi connectivity index (χ1v) is 6.24. The van der Waals surface area contributed by atoms with Crippen LogP contribution in [0.5, 0.6) is 0 Å². The zero-order valence-corrected chi connectivity index (χ0v) is 10.8. The topological polar surface area (TPSA) is 83.7 Å². The standard InChI is InChI=1S/C12H13ClN2O4/c13-9-1-2-10(11(5-9)15(18)19)12(17)14-4-3-8(6-14)7-16/h1-2,5,8,16H,3-4,6-7H2. The van der Waals surface area contributed by atoms with E-state index in [2.05, 4.69) is 0 Å². The van der Waals surface area contributed by atoms with Gasteiger partial charge in [0.25, 0.3) is 11.6 Å². The Morgan fingerprint density at radius 1 is 1.58 bits per heavy atom. The maximum absolute atomic E-state index is 12.2. The summed E-state index contributed by atoms with van der Waals surface area (Å²) in [6.07, 6.45) is 0.712. The third-order valence-corrected chi connectivity index (χ3v) is 3.45. The number of nitro benzene ring substituents is 1. The minimum absolute atomic E-state index is 0.0203. The summed E-state index contributed by atoms with van der Waals surface area (Å²) in [6, 6.07) is 4.00. The molecule has 1 aromatic carbocycles. The van der Waals surface area contributed by atoms with Gasteiger partial charge in [0.05, 0.1) is 4.92 Å². The van der Waals surface area contributed by atoms with Gasteiger partial charge in [-0.15, -0.1) is 0 Å². The van der Waals surface area contributed by atoms with Crippen molar-refractivity contribution < 1.29 is 14.8 Å². The molecule has 1 heterocycles. The van der Waals surface area contributed by atoms with E-state index in [-0.39, 0.29) is 34.7 Å². The van der Waals surface area contributed by atoms with Gasteiger partial charge in [-0.1, -0.05) is 11.6 Å². The first-order valence-electron chi connectivity index (χ1n) is 5.87. The Morgan fingerprint density at radius 3 is 2.89 bits per heavy atom. The monoisotopic (exact) mass is 284 g/mol. The SMILES string of the molecule is O=C(c1ccc(Cl)cc1[N+](=O)[O-])N1CCC(CO)C1. The second-order valence-corrected chi connectivity index (χ2v) is 4.94. The predicted molar refractivity (Wildman–Crippen MR) is 69.2 cm³/mol. The van der Waals surface area contributed by atoms with Gasteiger partial charge in [0, 0.05) is 36.7 Å². The number of nitro groups is 1. The summed E-state index contributed by atoms with van der Waals surface area (Å²) < 4.78 is 0. The molecule has 0 spiro atoms. The molecule has 0 aliphatic carbocycles. The van der Waals surface area contributed by atoms with Crippen LogP contribution in [0.25, 0.3) is 0 Å². The van der Waals surface area contributed by atoms with Gasteiger partial charge in [0.1, 0.15) is 5.56 Å². The van der Waals surface area contributed by atoms with Gasteiger partial charge in [0.15, 0.2) is 0 Å². The van der Waals surface area contributed by atoms with Crippen molar-refractivity contribution in [3.05, 3.63) is 38.9 Å². The molecule has 102 valence electrons. The third-order valence-electron chi connectivity index (χ3n) is 3.22. The molecule has 1 aliphatic rings. The molecule has 6 nitrogen and oxygen atoms in total. The van der Waals surface area contributed by atoms with Crippen molar-refractivity contribution in [2.45, 2.75) is 6.42 Å². The molecule has 0 bridgehead atoms. The number of hydrogen-bond acceptors (Lipinski definition) is 4. The molecule has 7 heteroatoms. The third kappa shape index (κ3) is 2.85. The number of nitrogens with zero attached hydrogens (tertiary/aromatic N) is 2. The second-order valence-electron chi connectivity index (χ2n) is 4.51. The number of amides is 1. The number of hydrogen-bond donors (Lipinski definition) is 1. The highest BCUT2D eigenvalue weighted by molar-refractivity contribution is 6.31.